The van der Waals surface area contributed by atoms with Crippen molar-refractivity contribution in [2.75, 3.05) is 44.3 Å². The summed E-state index contributed by atoms with van der Waals surface area (Å²) in [4.78, 5) is 28.7. The number of amides is 1. The van der Waals surface area contributed by atoms with Crippen LogP contribution in [0.2, 0.25) is 0 Å². The molecule has 1 aliphatic heterocycles. The fourth-order valence-electron chi connectivity index (χ4n) is 3.62. The summed E-state index contributed by atoms with van der Waals surface area (Å²) < 4.78 is 7.02. The topological polar surface area (TPSA) is 78.6 Å². The monoisotopic (exact) mass is 380 g/mol. The van der Waals surface area contributed by atoms with E-state index in [-0.39, 0.29) is 17.0 Å². The summed E-state index contributed by atoms with van der Waals surface area (Å²) in [6.45, 7) is 8.97. The van der Waals surface area contributed by atoms with E-state index in [0.29, 0.717) is 51.6 Å². The average Bonchev–Trinajstić information content (AvgIpc) is 2.74. The number of fused-ring (bicyclic) bond motifs is 1. The van der Waals surface area contributed by atoms with Crippen molar-refractivity contribution in [2.24, 2.45) is 0 Å². The fraction of sp³-hybridized carbons (Fsp3) is 0.381. The van der Waals surface area contributed by atoms with Gasteiger partial charge in [-0.05, 0) is 19.1 Å². The van der Waals surface area contributed by atoms with Crippen LogP contribution >= 0.6 is 0 Å². The fourth-order valence-corrected chi connectivity index (χ4v) is 3.62. The lowest BCUT2D eigenvalue weighted by molar-refractivity contribution is -0.126. The number of anilines is 1. The lowest BCUT2D eigenvalue weighted by Gasteiger charge is -2.36. The van der Waals surface area contributed by atoms with Gasteiger partial charge in [-0.2, -0.15) is 5.26 Å². The quantitative estimate of drug-likeness (QED) is 0.563. The highest BCUT2D eigenvalue weighted by Crippen LogP contribution is 2.29. The standard InChI is InChI=1S/C21H24N4O3/c1-3-19(26)23-9-11-24(12-10-23)20-16-7-5-6-8-18(16)25(13-14-28-4-2)21(27)17(20)15-22/h3,5-8H,1,4,9-14H2,2H3. The van der Waals surface area contributed by atoms with Crippen molar-refractivity contribution in [1.29, 1.82) is 5.26 Å². The van der Waals surface area contributed by atoms with Gasteiger partial charge in [0, 0.05) is 44.7 Å². The van der Waals surface area contributed by atoms with Crippen LogP contribution in [0.15, 0.2) is 41.7 Å². The first-order valence-electron chi connectivity index (χ1n) is 9.42. The Balaban J connectivity index is 2.05. The van der Waals surface area contributed by atoms with Gasteiger partial charge in [-0.25, -0.2) is 0 Å². The summed E-state index contributed by atoms with van der Waals surface area (Å²) in [5.74, 6) is -0.101. The molecule has 1 amide bonds. The number of hydrogen-bond donors (Lipinski definition) is 0. The Hall–Kier alpha value is -3.11. The van der Waals surface area contributed by atoms with Crippen LogP contribution < -0.4 is 10.5 Å². The van der Waals surface area contributed by atoms with Crippen LogP contribution in [0.3, 0.4) is 0 Å². The van der Waals surface area contributed by atoms with E-state index in [9.17, 15) is 14.9 Å². The van der Waals surface area contributed by atoms with E-state index in [1.807, 2.05) is 36.1 Å². The van der Waals surface area contributed by atoms with Crippen molar-refractivity contribution < 1.29 is 9.53 Å². The Labute approximate surface area is 164 Å². The Morgan fingerprint density at radius 3 is 2.64 bits per heavy atom. The maximum atomic E-state index is 13.1. The SMILES string of the molecule is C=CC(=O)N1CCN(c2c(C#N)c(=O)n(CCOCC)c3ccccc23)CC1. The Morgan fingerprint density at radius 1 is 1.29 bits per heavy atom. The molecule has 0 unspecified atom stereocenters. The molecular formula is C21H24N4O3. The third-order valence-corrected chi connectivity index (χ3v) is 5.00. The molecule has 1 aromatic carbocycles. The first-order chi connectivity index (χ1) is 13.6. The van der Waals surface area contributed by atoms with Crippen molar-refractivity contribution >= 4 is 22.5 Å². The van der Waals surface area contributed by atoms with E-state index >= 15 is 0 Å². The number of nitriles is 1. The molecule has 3 rings (SSSR count). The van der Waals surface area contributed by atoms with Crippen LogP contribution in [0.1, 0.15) is 12.5 Å². The molecule has 0 aliphatic carbocycles. The van der Waals surface area contributed by atoms with Crippen LogP contribution in [-0.2, 0) is 16.1 Å². The molecular weight excluding hydrogens is 356 g/mol. The van der Waals surface area contributed by atoms with E-state index in [0.717, 1.165) is 10.9 Å². The number of carbonyl (C=O) groups is 1. The number of hydrogen-bond acceptors (Lipinski definition) is 5. The Bertz CT molecular complexity index is 982. The molecule has 1 aliphatic rings. The summed E-state index contributed by atoms with van der Waals surface area (Å²) in [6.07, 6.45) is 1.31. The van der Waals surface area contributed by atoms with E-state index in [1.165, 1.54) is 6.08 Å². The molecule has 0 radical (unpaired) electrons. The molecule has 0 spiro atoms. The third-order valence-electron chi connectivity index (χ3n) is 5.00. The third kappa shape index (κ3) is 3.64. The van der Waals surface area contributed by atoms with Crippen LogP contribution in [0.4, 0.5) is 5.69 Å². The van der Waals surface area contributed by atoms with E-state index in [4.69, 9.17) is 4.74 Å². The van der Waals surface area contributed by atoms with Gasteiger partial charge in [0.2, 0.25) is 5.91 Å². The van der Waals surface area contributed by atoms with Gasteiger partial charge >= 0.3 is 0 Å². The van der Waals surface area contributed by atoms with Crippen LogP contribution in [-0.4, -0.2) is 54.8 Å². The second-order valence-corrected chi connectivity index (χ2v) is 6.52. The van der Waals surface area contributed by atoms with E-state index in [1.54, 1.807) is 9.47 Å². The van der Waals surface area contributed by atoms with Gasteiger partial charge in [0.15, 0.2) is 0 Å². The lowest BCUT2D eigenvalue weighted by Crippen LogP contribution is -2.49. The molecule has 0 N–H and O–H groups in total. The van der Waals surface area contributed by atoms with Crippen molar-refractivity contribution in [1.82, 2.24) is 9.47 Å². The Kier molecular flexibility index (Phi) is 6.12. The number of ether oxygens (including phenoxy) is 1. The minimum absolute atomic E-state index is 0.101. The molecule has 7 heteroatoms. The number of nitrogens with zero attached hydrogens (tertiary/aromatic N) is 4. The van der Waals surface area contributed by atoms with Crippen molar-refractivity contribution in [3.63, 3.8) is 0 Å². The average molecular weight is 380 g/mol. The summed E-state index contributed by atoms with van der Waals surface area (Å²) in [7, 11) is 0. The highest BCUT2D eigenvalue weighted by molar-refractivity contribution is 5.95. The summed E-state index contributed by atoms with van der Waals surface area (Å²) in [5.41, 5.74) is 1.27. The molecule has 146 valence electrons. The largest absolute Gasteiger partial charge is 0.380 e. The maximum Gasteiger partial charge on any atom is 0.271 e. The zero-order valence-corrected chi connectivity index (χ0v) is 16.1. The van der Waals surface area contributed by atoms with Gasteiger partial charge in [0.1, 0.15) is 11.6 Å². The predicted octanol–water partition coefficient (Wildman–Crippen LogP) is 1.74. The first-order valence-corrected chi connectivity index (χ1v) is 9.42. The summed E-state index contributed by atoms with van der Waals surface area (Å²) in [5, 5.41) is 10.6. The van der Waals surface area contributed by atoms with Crippen molar-refractivity contribution in [2.45, 2.75) is 13.5 Å². The van der Waals surface area contributed by atoms with Crippen LogP contribution in [0.5, 0.6) is 0 Å². The zero-order chi connectivity index (χ0) is 20.1. The van der Waals surface area contributed by atoms with Crippen molar-refractivity contribution in [3.8, 4) is 6.07 Å². The van der Waals surface area contributed by atoms with Crippen LogP contribution in [0.25, 0.3) is 10.9 Å². The molecule has 0 saturated carbocycles. The number of benzene rings is 1. The molecule has 2 heterocycles. The smallest absolute Gasteiger partial charge is 0.271 e. The maximum absolute atomic E-state index is 13.1. The summed E-state index contributed by atoms with van der Waals surface area (Å²) >= 11 is 0. The normalized spacial score (nSPS) is 14.1. The molecule has 1 saturated heterocycles. The number of pyridine rings is 1. The molecule has 7 nitrogen and oxygen atoms in total. The second kappa shape index (κ2) is 8.72. The van der Waals surface area contributed by atoms with Gasteiger partial charge in [0.05, 0.1) is 17.8 Å². The lowest BCUT2D eigenvalue weighted by atomic mass is 10.1. The van der Waals surface area contributed by atoms with Gasteiger partial charge in [-0.3, -0.25) is 9.59 Å². The van der Waals surface area contributed by atoms with Gasteiger partial charge in [-0.1, -0.05) is 24.8 Å². The highest BCUT2D eigenvalue weighted by atomic mass is 16.5. The van der Waals surface area contributed by atoms with E-state index < -0.39 is 0 Å². The molecule has 0 atom stereocenters. The summed E-state index contributed by atoms with van der Waals surface area (Å²) in [6, 6.07) is 9.73. The molecule has 1 aromatic heterocycles. The number of rotatable bonds is 6. The first kappa shape index (κ1) is 19.6. The van der Waals surface area contributed by atoms with Gasteiger partial charge in [0.25, 0.3) is 5.56 Å². The Morgan fingerprint density at radius 2 is 2.00 bits per heavy atom. The second-order valence-electron chi connectivity index (χ2n) is 6.52. The minimum atomic E-state index is -0.305. The molecule has 28 heavy (non-hydrogen) atoms. The number of aromatic nitrogens is 1. The van der Waals surface area contributed by atoms with Crippen molar-refractivity contribution in [3.05, 3.63) is 52.8 Å². The minimum Gasteiger partial charge on any atom is -0.380 e. The number of piperazine rings is 1. The highest BCUT2D eigenvalue weighted by Gasteiger charge is 2.25. The number of carbonyl (C=O) groups excluding carboxylic acids is 1. The molecule has 0 bridgehead atoms. The molecule has 2 aromatic rings. The van der Waals surface area contributed by atoms with Gasteiger partial charge in [-0.15, -0.1) is 0 Å². The van der Waals surface area contributed by atoms with E-state index in [2.05, 4.69) is 12.6 Å². The van der Waals surface area contributed by atoms with Gasteiger partial charge < -0.3 is 19.1 Å². The van der Waals surface area contributed by atoms with Crippen LogP contribution in [0, 0.1) is 11.3 Å². The zero-order valence-electron chi connectivity index (χ0n) is 16.1. The molecule has 1 fully saturated rings. The predicted molar refractivity (Wildman–Crippen MR) is 108 cm³/mol. The number of para-hydroxylation sites is 1.